The van der Waals surface area contributed by atoms with Crippen molar-refractivity contribution in [3.8, 4) is 11.5 Å². The Kier molecular flexibility index (Phi) is 5.88. The Morgan fingerprint density at radius 3 is 2.95 bits per heavy atom. The first-order valence-electron chi connectivity index (χ1n) is 6.08. The van der Waals surface area contributed by atoms with Gasteiger partial charge in [0.05, 0.1) is 12.1 Å². The molecule has 0 saturated carbocycles. The van der Waals surface area contributed by atoms with Crippen LogP contribution in [0.15, 0.2) is 33.2 Å². The van der Waals surface area contributed by atoms with Crippen molar-refractivity contribution >= 4 is 27.7 Å². The van der Waals surface area contributed by atoms with Crippen LogP contribution in [0.25, 0.3) is 11.5 Å². The molecule has 0 radical (unpaired) electrons. The zero-order valence-corrected chi connectivity index (χ0v) is 13.1. The van der Waals surface area contributed by atoms with Crippen molar-refractivity contribution in [2.24, 2.45) is 0 Å². The molecule has 1 heterocycles. The van der Waals surface area contributed by atoms with Gasteiger partial charge >= 0.3 is 0 Å². The Balaban J connectivity index is 1.91. The van der Waals surface area contributed by atoms with Crippen LogP contribution in [0, 0.1) is 0 Å². The molecule has 0 amide bonds. The average Bonchev–Trinajstić information content (AvgIpc) is 2.88. The van der Waals surface area contributed by atoms with Crippen molar-refractivity contribution in [3.05, 3.63) is 34.6 Å². The third kappa shape index (κ3) is 4.33. The Hall–Kier alpha value is -0.850. The minimum absolute atomic E-state index is 0.549. The zero-order valence-electron chi connectivity index (χ0n) is 10.7. The highest BCUT2D eigenvalue weighted by molar-refractivity contribution is 9.10. The van der Waals surface area contributed by atoms with Gasteiger partial charge in [0.2, 0.25) is 11.8 Å². The molecule has 0 saturated heterocycles. The summed E-state index contributed by atoms with van der Waals surface area (Å²) in [5.41, 5.74) is 0.920. The number of hydrogen-bond acceptors (Lipinski definition) is 5. The highest BCUT2D eigenvalue weighted by Crippen LogP contribution is 2.26. The molecule has 1 aromatic heterocycles. The van der Waals surface area contributed by atoms with Crippen LogP contribution in [0.4, 0.5) is 0 Å². The summed E-state index contributed by atoms with van der Waals surface area (Å²) < 4.78 is 6.59. The van der Waals surface area contributed by atoms with Crippen molar-refractivity contribution in [1.29, 1.82) is 0 Å². The molecule has 0 atom stereocenters. The lowest BCUT2D eigenvalue weighted by Gasteiger charge is -2.00. The Labute approximate surface area is 125 Å². The third-order valence-electron chi connectivity index (χ3n) is 2.55. The summed E-state index contributed by atoms with van der Waals surface area (Å²) in [6, 6.07) is 7.82. The average molecular weight is 342 g/mol. The predicted octanol–water partition coefficient (Wildman–Crippen LogP) is 3.34. The molecule has 0 aliphatic carbocycles. The molecular weight excluding hydrogens is 326 g/mol. The first-order valence-corrected chi connectivity index (χ1v) is 8.27. The van der Waals surface area contributed by atoms with Gasteiger partial charge in [0.1, 0.15) is 0 Å². The van der Waals surface area contributed by atoms with Gasteiger partial charge in [0.25, 0.3) is 0 Å². The van der Waals surface area contributed by atoms with Crippen molar-refractivity contribution < 1.29 is 4.42 Å². The number of thioether (sulfide) groups is 1. The van der Waals surface area contributed by atoms with E-state index in [1.807, 2.05) is 36.0 Å². The van der Waals surface area contributed by atoms with Crippen LogP contribution in [0.5, 0.6) is 0 Å². The van der Waals surface area contributed by atoms with Gasteiger partial charge in [-0.3, -0.25) is 0 Å². The highest BCUT2D eigenvalue weighted by atomic mass is 79.9. The molecular formula is C13H16BrN3OS. The van der Waals surface area contributed by atoms with Gasteiger partial charge in [-0.05, 0) is 53.0 Å². The van der Waals surface area contributed by atoms with Crippen LogP contribution in [0.3, 0.4) is 0 Å². The van der Waals surface area contributed by atoms with E-state index in [4.69, 9.17) is 4.42 Å². The van der Waals surface area contributed by atoms with Crippen LogP contribution >= 0.6 is 27.7 Å². The Morgan fingerprint density at radius 2 is 2.16 bits per heavy atom. The summed E-state index contributed by atoms with van der Waals surface area (Å²) in [5, 5.41) is 11.4. The summed E-state index contributed by atoms with van der Waals surface area (Å²) in [6.07, 6.45) is 3.26. The zero-order chi connectivity index (χ0) is 13.5. The Bertz CT molecular complexity index is 518. The van der Waals surface area contributed by atoms with Crippen LogP contribution < -0.4 is 5.32 Å². The molecule has 102 valence electrons. The van der Waals surface area contributed by atoms with Gasteiger partial charge in [-0.15, -0.1) is 10.2 Å². The van der Waals surface area contributed by atoms with Crippen LogP contribution in [0.1, 0.15) is 12.3 Å². The SMILES string of the molecule is CSCCCNCc1nnc(-c2ccccc2Br)o1. The maximum atomic E-state index is 5.64. The van der Waals surface area contributed by atoms with Crippen molar-refractivity contribution in [3.63, 3.8) is 0 Å². The van der Waals surface area contributed by atoms with Gasteiger partial charge in [-0.2, -0.15) is 11.8 Å². The van der Waals surface area contributed by atoms with Gasteiger partial charge in [0, 0.05) is 4.47 Å². The summed E-state index contributed by atoms with van der Waals surface area (Å²) in [6.45, 7) is 1.58. The summed E-state index contributed by atoms with van der Waals surface area (Å²) in [4.78, 5) is 0. The first-order chi connectivity index (χ1) is 9.31. The molecule has 2 aromatic rings. The number of benzene rings is 1. The summed E-state index contributed by atoms with van der Waals surface area (Å²) in [5.74, 6) is 2.34. The molecule has 6 heteroatoms. The minimum atomic E-state index is 0.549. The van der Waals surface area contributed by atoms with E-state index in [1.165, 1.54) is 5.75 Å². The van der Waals surface area contributed by atoms with E-state index in [2.05, 4.69) is 37.7 Å². The largest absolute Gasteiger partial charge is 0.419 e. The number of aromatic nitrogens is 2. The number of nitrogens with one attached hydrogen (secondary N) is 1. The molecule has 1 N–H and O–H groups in total. The standard InChI is InChI=1S/C13H16BrN3OS/c1-19-8-4-7-15-9-12-16-17-13(18-12)10-5-2-3-6-11(10)14/h2-3,5-6,15H,4,7-9H2,1H3. The smallest absolute Gasteiger partial charge is 0.248 e. The fourth-order valence-corrected chi connectivity index (χ4v) is 2.49. The van der Waals surface area contributed by atoms with Gasteiger partial charge in [-0.1, -0.05) is 12.1 Å². The predicted molar refractivity (Wildman–Crippen MR) is 82.1 cm³/mol. The first kappa shape index (κ1) is 14.6. The van der Waals surface area contributed by atoms with E-state index in [0.29, 0.717) is 18.3 Å². The number of halogens is 1. The second-order valence-corrected chi connectivity index (χ2v) is 5.84. The molecule has 4 nitrogen and oxygen atoms in total. The third-order valence-corrected chi connectivity index (χ3v) is 3.94. The van der Waals surface area contributed by atoms with Crippen molar-refractivity contribution in [2.75, 3.05) is 18.6 Å². The quantitative estimate of drug-likeness (QED) is 0.782. The lowest BCUT2D eigenvalue weighted by Crippen LogP contribution is -2.15. The molecule has 2 rings (SSSR count). The topological polar surface area (TPSA) is 51.0 Å². The summed E-state index contributed by atoms with van der Waals surface area (Å²) >= 11 is 5.33. The monoisotopic (exact) mass is 341 g/mol. The molecule has 1 aromatic carbocycles. The second kappa shape index (κ2) is 7.67. The normalized spacial score (nSPS) is 10.8. The van der Waals surface area contributed by atoms with Crippen molar-refractivity contribution in [2.45, 2.75) is 13.0 Å². The maximum absolute atomic E-state index is 5.64. The van der Waals surface area contributed by atoms with E-state index >= 15 is 0 Å². The highest BCUT2D eigenvalue weighted by Gasteiger charge is 2.10. The van der Waals surface area contributed by atoms with E-state index in [9.17, 15) is 0 Å². The fraction of sp³-hybridized carbons (Fsp3) is 0.385. The van der Waals surface area contributed by atoms with Gasteiger partial charge < -0.3 is 9.73 Å². The van der Waals surface area contributed by atoms with E-state index < -0.39 is 0 Å². The maximum Gasteiger partial charge on any atom is 0.248 e. The molecule has 0 aliphatic rings. The lowest BCUT2D eigenvalue weighted by atomic mass is 10.2. The van der Waals surface area contributed by atoms with Crippen LogP contribution in [-0.4, -0.2) is 28.8 Å². The molecule has 19 heavy (non-hydrogen) atoms. The van der Waals surface area contributed by atoms with Gasteiger partial charge in [-0.25, -0.2) is 0 Å². The molecule has 0 fully saturated rings. The number of nitrogens with zero attached hydrogens (tertiary/aromatic N) is 2. The number of hydrogen-bond donors (Lipinski definition) is 1. The lowest BCUT2D eigenvalue weighted by molar-refractivity contribution is 0.477. The fourth-order valence-electron chi connectivity index (χ4n) is 1.61. The molecule has 0 unspecified atom stereocenters. The van der Waals surface area contributed by atoms with E-state index in [0.717, 1.165) is 23.0 Å². The van der Waals surface area contributed by atoms with Crippen LogP contribution in [0.2, 0.25) is 0 Å². The molecule has 0 spiro atoms. The van der Waals surface area contributed by atoms with E-state index in [1.54, 1.807) is 0 Å². The number of rotatable bonds is 7. The van der Waals surface area contributed by atoms with Crippen molar-refractivity contribution in [1.82, 2.24) is 15.5 Å². The molecule has 0 aliphatic heterocycles. The molecule has 0 bridgehead atoms. The van der Waals surface area contributed by atoms with Crippen LogP contribution in [-0.2, 0) is 6.54 Å². The second-order valence-electron chi connectivity index (χ2n) is 4.00. The minimum Gasteiger partial charge on any atom is -0.419 e. The summed E-state index contributed by atoms with van der Waals surface area (Å²) in [7, 11) is 0. The van der Waals surface area contributed by atoms with E-state index in [-0.39, 0.29) is 0 Å². The van der Waals surface area contributed by atoms with Gasteiger partial charge in [0.15, 0.2) is 0 Å². The Morgan fingerprint density at radius 1 is 1.32 bits per heavy atom.